The number of ether oxygens (including phenoxy) is 1. The fraction of sp³-hybridized carbons (Fsp3) is 0.273. The molecule has 0 aliphatic carbocycles. The number of nitrogens with one attached hydrogen (secondary N) is 1. The summed E-state index contributed by atoms with van der Waals surface area (Å²) in [4.78, 5) is 25.7. The Kier molecular flexibility index (Phi) is 6.38. The summed E-state index contributed by atoms with van der Waals surface area (Å²) in [6.07, 6.45) is 2.06. The summed E-state index contributed by atoms with van der Waals surface area (Å²) in [7, 11) is 0. The molecule has 10 heteroatoms. The molecule has 166 valence electrons. The monoisotopic (exact) mass is 455 g/mol. The number of amides is 1. The van der Waals surface area contributed by atoms with Gasteiger partial charge in [-0.05, 0) is 30.7 Å². The highest BCUT2D eigenvalue weighted by Crippen LogP contribution is 2.35. The van der Waals surface area contributed by atoms with Crippen LogP contribution in [0.4, 0.5) is 17.1 Å². The Morgan fingerprint density at radius 1 is 1.22 bits per heavy atom. The molecule has 0 radical (unpaired) electrons. The smallest absolute Gasteiger partial charge is 0.269 e. The molecule has 0 saturated carbocycles. The fourth-order valence-electron chi connectivity index (χ4n) is 3.76. The molecule has 32 heavy (non-hydrogen) atoms. The minimum atomic E-state index is -0.455. The second-order valence-electron chi connectivity index (χ2n) is 7.23. The third kappa shape index (κ3) is 4.30. The first-order valence-electron chi connectivity index (χ1n) is 10.2. The standard InChI is InChI=1S/C22H22ClN5O4/c1-2-20-17(14-24-27(20)15-6-8-16(9-7-15)28(30)31)22(29)25-19-5-3-4-18(23)21(19)26-10-12-32-13-11-26/h3-9,14H,2,10-13H2,1H3,(H,25,29). The molecule has 2 aromatic carbocycles. The molecular formula is C22H22ClN5O4. The van der Waals surface area contributed by atoms with Crippen molar-refractivity contribution in [3.63, 3.8) is 0 Å². The number of hydrogen-bond donors (Lipinski definition) is 1. The van der Waals surface area contributed by atoms with E-state index >= 15 is 0 Å². The Hall–Kier alpha value is -3.43. The first kappa shape index (κ1) is 21.8. The van der Waals surface area contributed by atoms with Crippen molar-refractivity contribution >= 4 is 34.6 Å². The van der Waals surface area contributed by atoms with Gasteiger partial charge in [-0.3, -0.25) is 14.9 Å². The largest absolute Gasteiger partial charge is 0.378 e. The summed E-state index contributed by atoms with van der Waals surface area (Å²) in [5.74, 6) is -0.299. The number of anilines is 2. The highest BCUT2D eigenvalue weighted by Gasteiger charge is 2.22. The Morgan fingerprint density at radius 2 is 1.94 bits per heavy atom. The van der Waals surface area contributed by atoms with Crippen LogP contribution in [0.25, 0.3) is 5.69 Å². The Balaban J connectivity index is 1.62. The summed E-state index contributed by atoms with van der Waals surface area (Å²) >= 11 is 6.47. The van der Waals surface area contributed by atoms with Gasteiger partial charge in [0.25, 0.3) is 11.6 Å². The lowest BCUT2D eigenvalue weighted by Gasteiger charge is -2.31. The van der Waals surface area contributed by atoms with Crippen LogP contribution in [0.5, 0.6) is 0 Å². The van der Waals surface area contributed by atoms with Crippen LogP contribution in [-0.4, -0.2) is 46.9 Å². The van der Waals surface area contributed by atoms with Crippen molar-refractivity contribution in [1.29, 1.82) is 0 Å². The summed E-state index contributed by atoms with van der Waals surface area (Å²) in [6, 6.07) is 11.5. The van der Waals surface area contributed by atoms with E-state index in [4.69, 9.17) is 16.3 Å². The zero-order chi connectivity index (χ0) is 22.7. The molecule has 9 nitrogen and oxygen atoms in total. The second kappa shape index (κ2) is 9.37. The van der Waals surface area contributed by atoms with Gasteiger partial charge in [0.2, 0.25) is 0 Å². The van der Waals surface area contributed by atoms with E-state index in [0.717, 1.165) is 5.69 Å². The van der Waals surface area contributed by atoms with Crippen molar-refractivity contribution < 1.29 is 14.5 Å². The van der Waals surface area contributed by atoms with Gasteiger partial charge in [0.1, 0.15) is 0 Å². The third-order valence-electron chi connectivity index (χ3n) is 5.32. The van der Waals surface area contributed by atoms with Crippen molar-refractivity contribution in [1.82, 2.24) is 9.78 Å². The molecule has 1 N–H and O–H groups in total. The Labute approximate surface area is 189 Å². The fourth-order valence-corrected chi connectivity index (χ4v) is 4.05. The molecule has 0 bridgehead atoms. The van der Waals surface area contributed by atoms with E-state index in [0.29, 0.717) is 60.4 Å². The highest BCUT2D eigenvalue weighted by molar-refractivity contribution is 6.34. The predicted molar refractivity (Wildman–Crippen MR) is 122 cm³/mol. The van der Waals surface area contributed by atoms with E-state index in [2.05, 4.69) is 15.3 Å². The zero-order valence-corrected chi connectivity index (χ0v) is 18.2. The minimum absolute atomic E-state index is 0.00600. The number of rotatable bonds is 6. The molecule has 1 aliphatic rings. The number of morpholine rings is 1. The number of hydrogen-bond acceptors (Lipinski definition) is 6. The van der Waals surface area contributed by atoms with E-state index in [1.807, 2.05) is 13.0 Å². The summed E-state index contributed by atoms with van der Waals surface area (Å²) in [6.45, 7) is 4.49. The van der Waals surface area contributed by atoms with Crippen molar-refractivity contribution in [2.75, 3.05) is 36.5 Å². The minimum Gasteiger partial charge on any atom is -0.378 e. The van der Waals surface area contributed by atoms with Crippen molar-refractivity contribution in [2.24, 2.45) is 0 Å². The first-order valence-corrected chi connectivity index (χ1v) is 10.6. The van der Waals surface area contributed by atoms with Gasteiger partial charge in [-0.1, -0.05) is 24.6 Å². The Morgan fingerprint density at radius 3 is 2.59 bits per heavy atom. The number of carbonyl (C=O) groups is 1. The van der Waals surface area contributed by atoms with Crippen molar-refractivity contribution in [3.05, 3.63) is 75.1 Å². The number of benzene rings is 2. The SMILES string of the molecule is CCc1c(C(=O)Nc2cccc(Cl)c2N2CCOCC2)cnn1-c1ccc([N+](=O)[O-])cc1. The summed E-state index contributed by atoms with van der Waals surface area (Å²) < 4.78 is 7.05. The molecule has 1 saturated heterocycles. The number of non-ortho nitro benzene ring substituents is 1. The highest BCUT2D eigenvalue weighted by atomic mass is 35.5. The number of carbonyl (C=O) groups excluding carboxylic acids is 1. The van der Waals surface area contributed by atoms with E-state index < -0.39 is 4.92 Å². The topological polar surface area (TPSA) is 103 Å². The van der Waals surface area contributed by atoms with Gasteiger partial charge in [0.05, 0.1) is 57.7 Å². The number of aromatic nitrogens is 2. The molecule has 4 rings (SSSR count). The zero-order valence-electron chi connectivity index (χ0n) is 17.5. The summed E-state index contributed by atoms with van der Waals surface area (Å²) in [5, 5.41) is 18.8. The number of para-hydroxylation sites is 1. The molecule has 1 fully saturated rings. The molecule has 0 atom stereocenters. The van der Waals surface area contributed by atoms with E-state index in [9.17, 15) is 14.9 Å². The third-order valence-corrected chi connectivity index (χ3v) is 5.62. The number of nitro groups is 1. The van der Waals surface area contributed by atoms with Gasteiger partial charge in [0, 0.05) is 25.2 Å². The van der Waals surface area contributed by atoms with Crippen LogP contribution in [0.15, 0.2) is 48.7 Å². The molecule has 2 heterocycles. The second-order valence-corrected chi connectivity index (χ2v) is 7.64. The van der Waals surface area contributed by atoms with Crippen LogP contribution >= 0.6 is 11.6 Å². The van der Waals surface area contributed by atoms with Gasteiger partial charge in [-0.25, -0.2) is 4.68 Å². The quantitative estimate of drug-likeness (QED) is 0.443. The maximum Gasteiger partial charge on any atom is 0.269 e. The van der Waals surface area contributed by atoms with Crippen LogP contribution in [-0.2, 0) is 11.2 Å². The van der Waals surface area contributed by atoms with Crippen LogP contribution in [0.2, 0.25) is 5.02 Å². The number of nitro benzene ring substituents is 1. The normalized spacial score (nSPS) is 13.8. The van der Waals surface area contributed by atoms with Gasteiger partial charge in [-0.15, -0.1) is 0 Å². The van der Waals surface area contributed by atoms with E-state index in [1.165, 1.54) is 18.3 Å². The van der Waals surface area contributed by atoms with Crippen LogP contribution < -0.4 is 10.2 Å². The summed E-state index contributed by atoms with van der Waals surface area (Å²) in [5.41, 5.74) is 3.16. The van der Waals surface area contributed by atoms with Gasteiger partial charge in [-0.2, -0.15) is 5.10 Å². The van der Waals surface area contributed by atoms with E-state index in [1.54, 1.807) is 28.9 Å². The maximum absolute atomic E-state index is 13.2. The Bertz CT molecular complexity index is 1140. The average Bonchev–Trinajstić information content (AvgIpc) is 3.24. The van der Waals surface area contributed by atoms with Crippen molar-refractivity contribution in [3.8, 4) is 5.69 Å². The lowest BCUT2D eigenvalue weighted by Crippen LogP contribution is -2.37. The molecular weight excluding hydrogens is 434 g/mol. The molecule has 1 amide bonds. The lowest BCUT2D eigenvalue weighted by atomic mass is 10.1. The maximum atomic E-state index is 13.2. The van der Waals surface area contributed by atoms with Crippen LogP contribution in [0.3, 0.4) is 0 Å². The lowest BCUT2D eigenvalue weighted by molar-refractivity contribution is -0.384. The molecule has 0 unspecified atom stereocenters. The van der Waals surface area contributed by atoms with Crippen LogP contribution in [0, 0.1) is 10.1 Å². The molecule has 1 aromatic heterocycles. The molecule has 0 spiro atoms. The van der Waals surface area contributed by atoms with Crippen molar-refractivity contribution in [2.45, 2.75) is 13.3 Å². The van der Waals surface area contributed by atoms with Gasteiger partial charge in [0.15, 0.2) is 0 Å². The van der Waals surface area contributed by atoms with Gasteiger partial charge >= 0.3 is 0 Å². The van der Waals surface area contributed by atoms with Crippen LogP contribution in [0.1, 0.15) is 23.0 Å². The number of halogens is 1. The van der Waals surface area contributed by atoms with Gasteiger partial charge < -0.3 is 15.0 Å². The molecule has 1 aliphatic heterocycles. The average molecular weight is 456 g/mol. The molecule has 3 aromatic rings. The first-order chi connectivity index (χ1) is 15.5. The van der Waals surface area contributed by atoms with E-state index in [-0.39, 0.29) is 11.6 Å². The predicted octanol–water partition coefficient (Wildman–Crippen LogP) is 4.09. The number of nitrogens with zero attached hydrogens (tertiary/aromatic N) is 4.